The molecule has 0 unspecified atom stereocenters. The van der Waals surface area contributed by atoms with Gasteiger partial charge in [0.25, 0.3) is 0 Å². The van der Waals surface area contributed by atoms with Crippen LogP contribution in [-0.2, 0) is 4.84 Å². The molecule has 0 aliphatic rings. The molecule has 0 aromatic heterocycles. The van der Waals surface area contributed by atoms with Crippen LogP contribution in [0, 0.1) is 0 Å². The van der Waals surface area contributed by atoms with Gasteiger partial charge in [0.1, 0.15) is 0 Å². The molecule has 0 saturated carbocycles. The Hall–Kier alpha value is -0.570. The standard InChI is InChI=1S/C2H6N2O/c1-3-4-5-2/h4H,1H2,2H3. The van der Waals surface area contributed by atoms with Crippen LogP contribution in [0.25, 0.3) is 0 Å². The van der Waals surface area contributed by atoms with E-state index in [0.29, 0.717) is 0 Å². The molecule has 3 nitrogen and oxygen atoms in total. The lowest BCUT2D eigenvalue weighted by Crippen LogP contribution is -1.98. The summed E-state index contributed by atoms with van der Waals surface area (Å²) in [6, 6.07) is 0. The molecule has 0 fully saturated rings. The van der Waals surface area contributed by atoms with Gasteiger partial charge in [0, 0.05) is 6.72 Å². The highest BCUT2D eigenvalue weighted by Gasteiger charge is 1.50. The lowest BCUT2D eigenvalue weighted by Gasteiger charge is -1.84. The van der Waals surface area contributed by atoms with Crippen molar-refractivity contribution in [3.05, 3.63) is 0 Å². The molecule has 0 heterocycles. The Bertz CT molecular complexity index is 28.8. The van der Waals surface area contributed by atoms with Gasteiger partial charge in [-0.1, -0.05) is 0 Å². The first-order valence-corrected chi connectivity index (χ1v) is 1.15. The molecule has 0 spiro atoms. The molecule has 0 amide bonds. The van der Waals surface area contributed by atoms with Crippen molar-refractivity contribution in [1.29, 1.82) is 0 Å². The monoisotopic (exact) mass is 74.0 g/mol. The zero-order valence-corrected chi connectivity index (χ0v) is 3.06. The second-order valence-electron chi connectivity index (χ2n) is 0.454. The van der Waals surface area contributed by atoms with Gasteiger partial charge in [0.15, 0.2) is 0 Å². The van der Waals surface area contributed by atoms with Gasteiger partial charge < -0.3 is 0 Å². The quantitative estimate of drug-likeness (QED) is 0.362. The summed E-state index contributed by atoms with van der Waals surface area (Å²) in [5.74, 6) is 0. The molecule has 0 bridgehead atoms. The molecule has 3 heteroatoms. The largest absolute Gasteiger partial charge is 0.263 e. The summed E-state index contributed by atoms with van der Waals surface area (Å²) in [7, 11) is 1.47. The van der Waals surface area contributed by atoms with Gasteiger partial charge in [-0.05, 0) is 0 Å². The Balaban J connectivity index is 2.40. The van der Waals surface area contributed by atoms with Crippen molar-refractivity contribution < 1.29 is 4.84 Å². The summed E-state index contributed by atoms with van der Waals surface area (Å²) in [5.41, 5.74) is 2.12. The topological polar surface area (TPSA) is 33.6 Å². The van der Waals surface area contributed by atoms with Crippen LogP contribution in [0.1, 0.15) is 0 Å². The highest BCUT2D eigenvalue weighted by atomic mass is 16.7. The maximum atomic E-state index is 4.21. The summed E-state index contributed by atoms with van der Waals surface area (Å²) in [4.78, 5) is 4.21. The van der Waals surface area contributed by atoms with Gasteiger partial charge in [-0.3, -0.25) is 4.84 Å². The van der Waals surface area contributed by atoms with Gasteiger partial charge in [0.05, 0.1) is 7.11 Å². The van der Waals surface area contributed by atoms with Gasteiger partial charge in [-0.2, -0.15) is 10.7 Å². The second-order valence-corrected chi connectivity index (χ2v) is 0.454. The van der Waals surface area contributed by atoms with Crippen LogP contribution in [0.5, 0.6) is 0 Å². The van der Waals surface area contributed by atoms with E-state index in [1.807, 2.05) is 0 Å². The van der Waals surface area contributed by atoms with Crippen molar-refractivity contribution in [2.24, 2.45) is 5.10 Å². The fourth-order valence-electron chi connectivity index (χ4n) is 0.0645. The molecule has 0 aromatic rings. The number of rotatable bonds is 2. The third kappa shape index (κ3) is 3.43. The van der Waals surface area contributed by atoms with E-state index in [9.17, 15) is 0 Å². The van der Waals surface area contributed by atoms with Crippen molar-refractivity contribution in [2.45, 2.75) is 0 Å². The van der Waals surface area contributed by atoms with Crippen LogP contribution >= 0.6 is 0 Å². The fraction of sp³-hybridized carbons (Fsp3) is 0.500. The van der Waals surface area contributed by atoms with Crippen molar-refractivity contribution in [3.63, 3.8) is 0 Å². The van der Waals surface area contributed by atoms with Crippen molar-refractivity contribution in [3.8, 4) is 0 Å². The van der Waals surface area contributed by atoms with Gasteiger partial charge in [0.2, 0.25) is 0 Å². The lowest BCUT2D eigenvalue weighted by molar-refractivity contribution is 0.0956. The van der Waals surface area contributed by atoms with E-state index in [1.54, 1.807) is 0 Å². The first-order chi connectivity index (χ1) is 2.41. The Morgan fingerprint density at radius 1 is 2.00 bits per heavy atom. The summed E-state index contributed by atoms with van der Waals surface area (Å²) in [6.45, 7) is 3.06. The summed E-state index contributed by atoms with van der Waals surface area (Å²) in [6.07, 6.45) is 0. The highest BCUT2D eigenvalue weighted by Crippen LogP contribution is 1.44. The smallest absolute Gasteiger partial charge is 0.0654 e. The van der Waals surface area contributed by atoms with E-state index in [0.717, 1.165) is 0 Å². The third-order valence-corrected chi connectivity index (χ3v) is 0.156. The molecule has 30 valence electrons. The minimum absolute atomic E-state index is 1.47. The molecular formula is C2H6N2O. The molecule has 0 aliphatic carbocycles. The van der Waals surface area contributed by atoms with Crippen LogP contribution in [0.4, 0.5) is 0 Å². The van der Waals surface area contributed by atoms with E-state index in [-0.39, 0.29) is 0 Å². The van der Waals surface area contributed by atoms with E-state index in [2.05, 4.69) is 22.2 Å². The van der Waals surface area contributed by atoms with Crippen LogP contribution in [0.15, 0.2) is 5.10 Å². The Kier molecular flexibility index (Phi) is 3.04. The van der Waals surface area contributed by atoms with E-state index in [1.165, 1.54) is 7.11 Å². The first kappa shape index (κ1) is 4.43. The van der Waals surface area contributed by atoms with E-state index in [4.69, 9.17) is 0 Å². The Morgan fingerprint density at radius 2 is 2.60 bits per heavy atom. The fourth-order valence-corrected chi connectivity index (χ4v) is 0.0645. The maximum Gasteiger partial charge on any atom is 0.0654 e. The predicted molar refractivity (Wildman–Crippen MR) is 19.7 cm³/mol. The molecule has 0 saturated heterocycles. The minimum atomic E-state index is 1.47. The van der Waals surface area contributed by atoms with E-state index < -0.39 is 0 Å². The van der Waals surface area contributed by atoms with Crippen molar-refractivity contribution >= 4 is 6.72 Å². The first-order valence-electron chi connectivity index (χ1n) is 1.15. The molecule has 0 aliphatic heterocycles. The van der Waals surface area contributed by atoms with Crippen LogP contribution in [0.2, 0.25) is 0 Å². The maximum absolute atomic E-state index is 4.21. The highest BCUT2D eigenvalue weighted by molar-refractivity contribution is 5.21. The number of hydrogen-bond acceptors (Lipinski definition) is 3. The third-order valence-electron chi connectivity index (χ3n) is 0.156. The zero-order chi connectivity index (χ0) is 4.12. The number of hydrazone groups is 1. The summed E-state index contributed by atoms with van der Waals surface area (Å²) >= 11 is 0. The average Bonchev–Trinajstić information content (AvgIpc) is 1.41. The average molecular weight is 74.1 g/mol. The second kappa shape index (κ2) is 3.43. The molecular weight excluding hydrogens is 68.0 g/mol. The Labute approximate surface area is 30.6 Å². The minimum Gasteiger partial charge on any atom is -0.263 e. The van der Waals surface area contributed by atoms with Gasteiger partial charge in [-0.25, -0.2) is 0 Å². The molecule has 0 rings (SSSR count). The number of nitrogens with zero attached hydrogens (tertiary/aromatic N) is 1. The zero-order valence-electron chi connectivity index (χ0n) is 3.06. The van der Waals surface area contributed by atoms with Gasteiger partial charge >= 0.3 is 0 Å². The molecule has 0 aromatic carbocycles. The molecule has 0 atom stereocenters. The van der Waals surface area contributed by atoms with Gasteiger partial charge in [-0.15, -0.1) is 0 Å². The Morgan fingerprint density at radius 3 is 2.60 bits per heavy atom. The van der Waals surface area contributed by atoms with Crippen LogP contribution < -0.4 is 5.59 Å². The van der Waals surface area contributed by atoms with Crippen LogP contribution in [-0.4, -0.2) is 13.8 Å². The van der Waals surface area contributed by atoms with E-state index >= 15 is 0 Å². The molecule has 0 radical (unpaired) electrons. The number of nitrogens with one attached hydrogen (secondary N) is 1. The van der Waals surface area contributed by atoms with Crippen LogP contribution in [0.3, 0.4) is 0 Å². The summed E-state index contributed by atoms with van der Waals surface area (Å²) < 4.78 is 0. The lowest BCUT2D eigenvalue weighted by atomic mass is 11.7. The normalized spacial score (nSPS) is 6.60. The number of hydrogen-bond donors (Lipinski definition) is 1. The predicted octanol–water partition coefficient (Wildman–Crippen LogP) is -0.247. The molecule has 1 N–H and O–H groups in total. The van der Waals surface area contributed by atoms with Crippen molar-refractivity contribution in [1.82, 2.24) is 5.59 Å². The van der Waals surface area contributed by atoms with Crippen molar-refractivity contribution in [2.75, 3.05) is 7.11 Å². The molecule has 5 heavy (non-hydrogen) atoms. The summed E-state index contributed by atoms with van der Waals surface area (Å²) in [5, 5.41) is 3.13. The SMILES string of the molecule is C=NNOC.